The molecule has 1 amide bonds. The molecular formula is C17H18ClIN4O4. The summed E-state index contributed by atoms with van der Waals surface area (Å²) in [5.74, 6) is 0.106. The van der Waals surface area contributed by atoms with Crippen molar-refractivity contribution in [3.63, 3.8) is 0 Å². The van der Waals surface area contributed by atoms with Crippen LogP contribution < -0.4 is 5.32 Å². The second-order valence-electron chi connectivity index (χ2n) is 6.97. The van der Waals surface area contributed by atoms with Gasteiger partial charge in [0.2, 0.25) is 0 Å². The lowest BCUT2D eigenvalue weighted by Crippen LogP contribution is -2.38. The third-order valence-corrected chi connectivity index (χ3v) is 5.64. The lowest BCUT2D eigenvalue weighted by atomic mass is 10.0. The number of aromatic nitrogens is 2. The van der Waals surface area contributed by atoms with E-state index in [2.05, 4.69) is 33.0 Å². The van der Waals surface area contributed by atoms with Gasteiger partial charge in [0.1, 0.15) is 5.82 Å². The number of aliphatic hydroxyl groups is 1. The zero-order valence-corrected chi connectivity index (χ0v) is 17.7. The van der Waals surface area contributed by atoms with Gasteiger partial charge in [0, 0.05) is 14.7 Å². The van der Waals surface area contributed by atoms with E-state index in [0.29, 0.717) is 16.8 Å². The Morgan fingerprint density at radius 3 is 2.44 bits per heavy atom. The van der Waals surface area contributed by atoms with E-state index in [1.54, 1.807) is 26.0 Å². The van der Waals surface area contributed by atoms with Crippen LogP contribution >= 0.6 is 34.2 Å². The van der Waals surface area contributed by atoms with Crippen LogP contribution in [0.5, 0.6) is 0 Å². The number of nitrogens with one attached hydrogen (secondary N) is 1. The van der Waals surface area contributed by atoms with E-state index in [1.165, 1.54) is 11.8 Å². The number of fused-ring (bicyclic) bond motifs is 1. The van der Waals surface area contributed by atoms with Gasteiger partial charge in [0.05, 0.1) is 17.8 Å². The minimum Gasteiger partial charge on any atom is -0.463 e. The van der Waals surface area contributed by atoms with Gasteiger partial charge in [-0.25, -0.2) is 4.79 Å². The first-order valence-corrected chi connectivity index (χ1v) is 9.50. The van der Waals surface area contributed by atoms with Gasteiger partial charge in [-0.05, 0) is 67.1 Å². The highest BCUT2D eigenvalue weighted by Gasteiger charge is 2.46. The number of anilines is 1. The highest BCUT2D eigenvalue weighted by Crippen LogP contribution is 2.43. The third-order valence-electron chi connectivity index (χ3n) is 4.72. The second kappa shape index (κ2) is 6.64. The van der Waals surface area contributed by atoms with Gasteiger partial charge in [-0.15, -0.1) is 4.68 Å². The molecule has 8 nitrogen and oxygen atoms in total. The number of nitrogens with zero attached hydrogens (tertiary/aromatic N) is 3. The van der Waals surface area contributed by atoms with Gasteiger partial charge in [0.25, 0.3) is 0 Å². The number of carboxylic acid groups (broad SMARTS) is 1. The summed E-state index contributed by atoms with van der Waals surface area (Å²) in [7, 11) is 0. The van der Waals surface area contributed by atoms with Crippen LogP contribution in [0.4, 0.5) is 15.4 Å². The van der Waals surface area contributed by atoms with Crippen molar-refractivity contribution in [1.29, 1.82) is 0 Å². The average molecular weight is 505 g/mol. The molecule has 1 unspecified atom stereocenters. The van der Waals surface area contributed by atoms with Crippen LogP contribution in [0, 0.1) is 3.57 Å². The Hall–Kier alpha value is -1.85. The Kier molecular flexibility index (Phi) is 4.89. The number of hydrogen-bond acceptors (Lipinski definition) is 5. The molecule has 0 aliphatic carbocycles. The van der Waals surface area contributed by atoms with E-state index in [9.17, 15) is 19.8 Å². The van der Waals surface area contributed by atoms with Crippen LogP contribution in [-0.4, -0.2) is 36.4 Å². The molecule has 1 aromatic heterocycles. The first-order valence-electron chi connectivity index (χ1n) is 8.04. The fourth-order valence-electron chi connectivity index (χ4n) is 3.20. The topological polar surface area (TPSA) is 108 Å². The normalized spacial score (nSPS) is 17.3. The summed E-state index contributed by atoms with van der Waals surface area (Å²) < 4.78 is 1.78. The van der Waals surface area contributed by atoms with E-state index < -0.39 is 22.7 Å². The molecule has 2 aromatic rings. The Bertz CT molecular complexity index is 924. The van der Waals surface area contributed by atoms with E-state index in [4.69, 9.17) is 11.6 Å². The fourth-order valence-corrected chi connectivity index (χ4v) is 3.83. The Morgan fingerprint density at radius 1 is 1.33 bits per heavy atom. The van der Waals surface area contributed by atoms with Crippen molar-refractivity contribution in [1.82, 2.24) is 14.7 Å². The average Bonchev–Trinajstić information content (AvgIpc) is 3.03. The molecule has 3 N–H and O–H groups in total. The maximum Gasteiger partial charge on any atom is 0.434 e. The second-order valence-corrected chi connectivity index (χ2v) is 8.54. The first kappa shape index (κ1) is 19.9. The molecule has 0 spiro atoms. The monoisotopic (exact) mass is 504 g/mol. The summed E-state index contributed by atoms with van der Waals surface area (Å²) in [4.78, 5) is 24.9. The van der Waals surface area contributed by atoms with Crippen molar-refractivity contribution < 1.29 is 19.8 Å². The van der Waals surface area contributed by atoms with Crippen molar-refractivity contribution in [2.45, 2.75) is 38.6 Å². The molecule has 2 heterocycles. The standard InChI is InChI=1S/C17H18ClIN4O4/c1-16(2)12-11(8-22(16)14(18)24)13(23(21-12)15(25)26)20-17(3,27)9-4-6-10(19)7-5-9/h4-7,20,27H,8H2,1-3H3,(H,25,26). The predicted octanol–water partition coefficient (Wildman–Crippen LogP) is 3.70. The summed E-state index contributed by atoms with van der Waals surface area (Å²) in [5.41, 5.74) is -0.965. The number of benzene rings is 1. The van der Waals surface area contributed by atoms with Gasteiger partial charge < -0.3 is 20.4 Å². The minimum absolute atomic E-state index is 0.0864. The Balaban J connectivity index is 2.07. The summed E-state index contributed by atoms with van der Waals surface area (Å²) in [5, 5.41) is 26.9. The van der Waals surface area contributed by atoms with Crippen LogP contribution in [-0.2, 0) is 17.8 Å². The predicted molar refractivity (Wildman–Crippen MR) is 108 cm³/mol. The van der Waals surface area contributed by atoms with Gasteiger partial charge in [-0.1, -0.05) is 12.1 Å². The van der Waals surface area contributed by atoms with Crippen LogP contribution in [0.2, 0.25) is 0 Å². The molecule has 1 aliphatic heterocycles. The van der Waals surface area contributed by atoms with Gasteiger partial charge >= 0.3 is 11.5 Å². The molecule has 0 saturated carbocycles. The third kappa shape index (κ3) is 3.39. The van der Waals surface area contributed by atoms with Crippen molar-refractivity contribution >= 4 is 51.5 Å². The number of hydrogen-bond donors (Lipinski definition) is 3. The number of amides is 1. The van der Waals surface area contributed by atoms with Crippen molar-refractivity contribution in [3.05, 3.63) is 44.7 Å². The summed E-state index contributed by atoms with van der Waals surface area (Å²) >= 11 is 7.83. The molecule has 3 rings (SSSR count). The molecule has 0 saturated heterocycles. The fraction of sp³-hybridized carbons (Fsp3) is 0.353. The van der Waals surface area contributed by atoms with Crippen molar-refractivity contribution in [2.24, 2.45) is 0 Å². The molecular weight excluding hydrogens is 487 g/mol. The number of rotatable bonds is 3. The van der Waals surface area contributed by atoms with Gasteiger partial charge in [-0.3, -0.25) is 4.79 Å². The summed E-state index contributed by atoms with van der Waals surface area (Å²) in [6, 6.07) is 7.16. The zero-order valence-electron chi connectivity index (χ0n) is 14.8. The first-order chi connectivity index (χ1) is 12.4. The highest BCUT2D eigenvalue weighted by atomic mass is 127. The van der Waals surface area contributed by atoms with E-state index in [1.807, 2.05) is 12.1 Å². The highest BCUT2D eigenvalue weighted by molar-refractivity contribution is 14.1. The summed E-state index contributed by atoms with van der Waals surface area (Å²) in [6.07, 6.45) is -1.30. The minimum atomic E-state index is -1.56. The van der Waals surface area contributed by atoms with E-state index in [0.717, 1.165) is 8.25 Å². The largest absolute Gasteiger partial charge is 0.463 e. The molecule has 0 fully saturated rings. The van der Waals surface area contributed by atoms with E-state index >= 15 is 0 Å². The molecule has 0 radical (unpaired) electrons. The van der Waals surface area contributed by atoms with E-state index in [-0.39, 0.29) is 12.4 Å². The molecule has 1 aromatic carbocycles. The van der Waals surface area contributed by atoms with Crippen LogP contribution in [0.1, 0.15) is 37.6 Å². The lowest BCUT2D eigenvalue weighted by molar-refractivity contribution is 0.0875. The van der Waals surface area contributed by atoms with Crippen LogP contribution in [0.3, 0.4) is 0 Å². The number of carbonyl (C=O) groups excluding carboxylic acids is 1. The Labute approximate surface area is 174 Å². The molecule has 10 heteroatoms. The maximum atomic E-state index is 11.8. The Morgan fingerprint density at radius 2 is 1.93 bits per heavy atom. The van der Waals surface area contributed by atoms with Gasteiger partial charge in [0.15, 0.2) is 5.72 Å². The SMILES string of the molecule is CC(O)(Nc1c2c(nn1C(=O)O)C(C)(C)N(C(=O)Cl)C2)c1ccc(I)cc1. The van der Waals surface area contributed by atoms with Crippen molar-refractivity contribution in [3.8, 4) is 0 Å². The molecule has 27 heavy (non-hydrogen) atoms. The number of carbonyl (C=O) groups is 2. The van der Waals surface area contributed by atoms with Crippen LogP contribution in [0.15, 0.2) is 24.3 Å². The van der Waals surface area contributed by atoms with Crippen molar-refractivity contribution in [2.75, 3.05) is 5.32 Å². The van der Waals surface area contributed by atoms with Gasteiger partial charge in [-0.2, -0.15) is 5.10 Å². The van der Waals surface area contributed by atoms with Crippen LogP contribution in [0.25, 0.3) is 0 Å². The maximum absolute atomic E-state index is 11.8. The molecule has 0 bridgehead atoms. The lowest BCUT2D eigenvalue weighted by Gasteiger charge is -2.30. The molecule has 1 atom stereocenters. The molecule has 144 valence electrons. The molecule has 1 aliphatic rings. The quantitative estimate of drug-likeness (QED) is 0.255. The summed E-state index contributed by atoms with van der Waals surface area (Å²) in [6.45, 7) is 5.08. The zero-order chi connectivity index (χ0) is 20.1. The number of halogens is 2. The smallest absolute Gasteiger partial charge is 0.434 e.